The molecule has 0 spiro atoms. The number of halogens is 1. The molecule has 4 heteroatoms. The minimum atomic E-state index is -0.275. The second kappa shape index (κ2) is 6.36. The number of hydrogen-bond acceptors (Lipinski definition) is 2. The predicted molar refractivity (Wildman–Crippen MR) is 73.9 cm³/mol. The van der Waals surface area contributed by atoms with E-state index in [1.165, 1.54) is 0 Å². The number of carbonyl (C=O) groups is 1. The van der Waals surface area contributed by atoms with Crippen molar-refractivity contribution in [3.63, 3.8) is 0 Å². The van der Waals surface area contributed by atoms with Crippen molar-refractivity contribution in [3.05, 3.63) is 47.0 Å². The van der Waals surface area contributed by atoms with E-state index >= 15 is 0 Å². The van der Waals surface area contributed by atoms with Crippen molar-refractivity contribution < 1.29 is 4.79 Å². The van der Waals surface area contributed by atoms with Crippen molar-refractivity contribution >= 4 is 23.7 Å². The normalized spacial score (nSPS) is 19.1. The van der Waals surface area contributed by atoms with Crippen LogP contribution in [-0.2, 0) is 0 Å². The van der Waals surface area contributed by atoms with Gasteiger partial charge in [-0.15, -0.1) is 0 Å². The van der Waals surface area contributed by atoms with Crippen molar-refractivity contribution in [3.8, 4) is 0 Å². The van der Waals surface area contributed by atoms with Gasteiger partial charge in [0, 0.05) is 6.21 Å². The third-order valence-electron chi connectivity index (χ3n) is 2.88. The van der Waals surface area contributed by atoms with Crippen molar-refractivity contribution in [1.29, 1.82) is 0 Å². The molecule has 1 aromatic carbocycles. The minimum absolute atomic E-state index is 0.275. The highest BCUT2D eigenvalue weighted by Crippen LogP contribution is 2.16. The summed E-state index contributed by atoms with van der Waals surface area (Å²) in [7, 11) is 0. The lowest BCUT2D eigenvalue weighted by molar-refractivity contribution is 0.0955. The number of allylic oxidation sites excluding steroid dienone is 2. The van der Waals surface area contributed by atoms with Crippen LogP contribution in [0.3, 0.4) is 0 Å². The lowest BCUT2D eigenvalue weighted by atomic mass is 9.96. The summed E-state index contributed by atoms with van der Waals surface area (Å²) >= 11 is 5.92. The Hall–Kier alpha value is -1.61. The molecule has 1 aliphatic carbocycles. The quantitative estimate of drug-likeness (QED) is 0.506. The number of hydrogen-bond donors (Lipinski definition) is 1. The van der Waals surface area contributed by atoms with Gasteiger partial charge in [-0.05, 0) is 37.3 Å². The highest BCUT2D eigenvalue weighted by molar-refractivity contribution is 6.33. The zero-order chi connectivity index (χ0) is 12.8. The summed E-state index contributed by atoms with van der Waals surface area (Å²) in [5.41, 5.74) is 2.95. The third-order valence-corrected chi connectivity index (χ3v) is 3.21. The Morgan fingerprint density at radius 1 is 1.39 bits per heavy atom. The molecule has 0 saturated carbocycles. The average Bonchev–Trinajstić information content (AvgIpc) is 2.40. The van der Waals surface area contributed by atoms with Crippen LogP contribution in [0.1, 0.15) is 29.6 Å². The fraction of sp³-hybridized carbons (Fsp3) is 0.286. The van der Waals surface area contributed by atoms with E-state index in [0.29, 0.717) is 16.5 Å². The van der Waals surface area contributed by atoms with E-state index in [0.717, 1.165) is 19.3 Å². The molecule has 1 amide bonds. The number of benzene rings is 1. The Balaban J connectivity index is 1.90. The SMILES string of the molecule is O=C(N/N=C/C1CC=CCC1)c1ccccc1Cl. The standard InChI is InChI=1S/C14H15ClN2O/c15-13-9-5-4-8-12(13)14(18)17-16-10-11-6-2-1-3-7-11/h1-2,4-5,8-11H,3,6-7H2,(H,17,18)/b16-10+. The van der Waals surface area contributed by atoms with E-state index in [4.69, 9.17) is 11.6 Å². The maximum absolute atomic E-state index is 11.8. The lowest BCUT2D eigenvalue weighted by Gasteiger charge is -2.11. The molecule has 3 nitrogen and oxygen atoms in total. The first-order chi connectivity index (χ1) is 8.77. The second-order valence-electron chi connectivity index (χ2n) is 4.24. The van der Waals surface area contributed by atoms with E-state index in [1.54, 1.807) is 30.5 Å². The molecule has 0 saturated heterocycles. The van der Waals surface area contributed by atoms with E-state index in [2.05, 4.69) is 22.7 Å². The van der Waals surface area contributed by atoms with Crippen LogP contribution in [0.4, 0.5) is 0 Å². The predicted octanol–water partition coefficient (Wildman–Crippen LogP) is 3.41. The number of nitrogens with zero attached hydrogens (tertiary/aromatic N) is 1. The zero-order valence-electron chi connectivity index (χ0n) is 9.97. The van der Waals surface area contributed by atoms with E-state index in [1.807, 2.05) is 0 Å². The lowest BCUT2D eigenvalue weighted by Crippen LogP contribution is -2.19. The fourth-order valence-electron chi connectivity index (χ4n) is 1.86. The average molecular weight is 263 g/mol. The Labute approximate surface area is 112 Å². The summed E-state index contributed by atoms with van der Waals surface area (Å²) in [5, 5.41) is 4.43. The maximum atomic E-state index is 11.8. The molecule has 0 aliphatic heterocycles. The van der Waals surface area contributed by atoms with Crippen molar-refractivity contribution in [2.75, 3.05) is 0 Å². The molecule has 0 heterocycles. The topological polar surface area (TPSA) is 41.5 Å². The molecule has 1 N–H and O–H groups in total. The van der Waals surface area contributed by atoms with Gasteiger partial charge in [0.1, 0.15) is 0 Å². The molecular weight excluding hydrogens is 248 g/mol. The fourth-order valence-corrected chi connectivity index (χ4v) is 2.08. The largest absolute Gasteiger partial charge is 0.272 e. The van der Waals surface area contributed by atoms with Gasteiger partial charge < -0.3 is 0 Å². The molecule has 0 radical (unpaired) electrons. The first-order valence-electron chi connectivity index (χ1n) is 6.00. The third kappa shape index (κ3) is 3.44. The Kier molecular flexibility index (Phi) is 4.53. The van der Waals surface area contributed by atoms with E-state index in [-0.39, 0.29) is 5.91 Å². The van der Waals surface area contributed by atoms with Gasteiger partial charge in [-0.3, -0.25) is 4.79 Å². The van der Waals surface area contributed by atoms with Crippen LogP contribution >= 0.6 is 11.6 Å². The molecule has 0 aromatic heterocycles. The Morgan fingerprint density at radius 2 is 2.22 bits per heavy atom. The van der Waals surface area contributed by atoms with Crippen LogP contribution in [0, 0.1) is 5.92 Å². The first-order valence-corrected chi connectivity index (χ1v) is 6.38. The molecule has 94 valence electrons. The molecule has 2 rings (SSSR count). The molecule has 0 fully saturated rings. The summed E-state index contributed by atoms with van der Waals surface area (Å²) in [6.07, 6.45) is 9.28. The van der Waals surface area contributed by atoms with Gasteiger partial charge >= 0.3 is 0 Å². The van der Waals surface area contributed by atoms with Crippen LogP contribution in [-0.4, -0.2) is 12.1 Å². The molecule has 1 aliphatic rings. The zero-order valence-corrected chi connectivity index (χ0v) is 10.7. The summed E-state index contributed by atoms with van der Waals surface area (Å²) in [4.78, 5) is 11.8. The number of nitrogens with one attached hydrogen (secondary N) is 1. The van der Waals surface area contributed by atoms with Gasteiger partial charge in [-0.2, -0.15) is 5.10 Å². The second-order valence-corrected chi connectivity index (χ2v) is 4.65. The van der Waals surface area contributed by atoms with Crippen molar-refractivity contribution in [1.82, 2.24) is 5.43 Å². The highest BCUT2D eigenvalue weighted by atomic mass is 35.5. The maximum Gasteiger partial charge on any atom is 0.272 e. The van der Waals surface area contributed by atoms with E-state index < -0.39 is 0 Å². The smallest absolute Gasteiger partial charge is 0.267 e. The Morgan fingerprint density at radius 3 is 2.94 bits per heavy atom. The number of rotatable bonds is 3. The molecule has 18 heavy (non-hydrogen) atoms. The monoisotopic (exact) mass is 262 g/mol. The van der Waals surface area contributed by atoms with Crippen LogP contribution < -0.4 is 5.43 Å². The molecule has 1 atom stereocenters. The first kappa shape index (κ1) is 12.8. The van der Waals surface area contributed by atoms with Gasteiger partial charge in [0.25, 0.3) is 5.91 Å². The summed E-state index contributed by atoms with van der Waals surface area (Å²) in [6, 6.07) is 6.93. The number of amides is 1. The van der Waals surface area contributed by atoms with E-state index in [9.17, 15) is 4.79 Å². The van der Waals surface area contributed by atoms with Crippen molar-refractivity contribution in [2.24, 2.45) is 11.0 Å². The minimum Gasteiger partial charge on any atom is -0.267 e. The number of hydrazone groups is 1. The van der Waals surface area contributed by atoms with Crippen LogP contribution in [0.2, 0.25) is 5.02 Å². The summed E-state index contributed by atoms with van der Waals surface area (Å²) in [5.74, 6) is 0.143. The molecule has 0 bridgehead atoms. The van der Waals surface area contributed by atoms with Gasteiger partial charge in [0.05, 0.1) is 10.6 Å². The van der Waals surface area contributed by atoms with Crippen LogP contribution in [0.15, 0.2) is 41.5 Å². The van der Waals surface area contributed by atoms with Crippen LogP contribution in [0.25, 0.3) is 0 Å². The van der Waals surface area contributed by atoms with Gasteiger partial charge in [0.2, 0.25) is 0 Å². The van der Waals surface area contributed by atoms with Gasteiger partial charge in [0.15, 0.2) is 0 Å². The molecule has 1 unspecified atom stereocenters. The van der Waals surface area contributed by atoms with Crippen molar-refractivity contribution in [2.45, 2.75) is 19.3 Å². The summed E-state index contributed by atoms with van der Waals surface area (Å²) < 4.78 is 0. The summed E-state index contributed by atoms with van der Waals surface area (Å²) in [6.45, 7) is 0. The van der Waals surface area contributed by atoms with Gasteiger partial charge in [-0.25, -0.2) is 5.43 Å². The molecular formula is C14H15ClN2O. The number of carbonyl (C=O) groups excluding carboxylic acids is 1. The Bertz CT molecular complexity index is 482. The molecule has 1 aromatic rings. The van der Waals surface area contributed by atoms with Gasteiger partial charge in [-0.1, -0.05) is 35.9 Å². The highest BCUT2D eigenvalue weighted by Gasteiger charge is 2.09. The van der Waals surface area contributed by atoms with Crippen LogP contribution in [0.5, 0.6) is 0 Å².